The van der Waals surface area contributed by atoms with Gasteiger partial charge in [-0.15, -0.1) is 24.0 Å². The van der Waals surface area contributed by atoms with Crippen molar-refractivity contribution in [1.29, 1.82) is 0 Å². The van der Waals surface area contributed by atoms with E-state index in [4.69, 9.17) is 4.74 Å². The van der Waals surface area contributed by atoms with Crippen LogP contribution in [-0.2, 0) is 14.9 Å². The van der Waals surface area contributed by atoms with E-state index in [9.17, 15) is 14.9 Å². The Morgan fingerprint density at radius 3 is 2.24 bits per heavy atom. The first-order valence-corrected chi connectivity index (χ1v) is 8.68. The van der Waals surface area contributed by atoms with Gasteiger partial charge in [-0.3, -0.25) is 14.9 Å². The van der Waals surface area contributed by atoms with E-state index < -0.39 is 10.3 Å². The van der Waals surface area contributed by atoms with Crippen LogP contribution in [0.5, 0.6) is 0 Å². The van der Waals surface area contributed by atoms with Crippen LogP contribution in [0.15, 0.2) is 24.3 Å². The number of likely N-dealkylation sites (N-methyl/N-ethyl adjacent to an activating group) is 1. The summed E-state index contributed by atoms with van der Waals surface area (Å²) in [6.07, 6.45) is 3.44. The van der Waals surface area contributed by atoms with Crippen LogP contribution in [0.4, 0.5) is 5.69 Å². The molecule has 1 fully saturated rings. The number of rotatable bonds is 8. The van der Waals surface area contributed by atoms with Crippen molar-refractivity contribution >= 4 is 35.6 Å². The van der Waals surface area contributed by atoms with Crippen LogP contribution in [0.1, 0.15) is 45.1 Å². The van der Waals surface area contributed by atoms with Crippen molar-refractivity contribution in [2.24, 2.45) is 0 Å². The highest BCUT2D eigenvalue weighted by molar-refractivity contribution is 14.0. The third-order valence-corrected chi connectivity index (χ3v) is 5.01. The molecule has 0 heterocycles. The molecular formula is C18H27IN2O4. The lowest BCUT2D eigenvalue weighted by atomic mass is 9.79. The number of carbonyl (C=O) groups is 1. The lowest BCUT2D eigenvalue weighted by Crippen LogP contribution is -2.37. The molecule has 25 heavy (non-hydrogen) atoms. The maximum absolute atomic E-state index is 12.8. The molecule has 6 nitrogen and oxygen atoms in total. The highest BCUT2D eigenvalue weighted by Crippen LogP contribution is 2.42. The van der Waals surface area contributed by atoms with Crippen LogP contribution in [-0.4, -0.2) is 42.0 Å². The molecule has 7 heteroatoms. The van der Waals surface area contributed by atoms with Crippen LogP contribution in [0, 0.1) is 10.1 Å². The van der Waals surface area contributed by atoms with Crippen molar-refractivity contribution in [1.82, 2.24) is 4.90 Å². The Kier molecular flexibility index (Phi) is 8.78. The Balaban J connectivity index is 0.00000312. The van der Waals surface area contributed by atoms with Gasteiger partial charge in [0.1, 0.15) is 6.61 Å². The fourth-order valence-electron chi connectivity index (χ4n) is 3.44. The lowest BCUT2D eigenvalue weighted by Gasteiger charge is -2.28. The second-order valence-electron chi connectivity index (χ2n) is 6.26. The summed E-state index contributed by atoms with van der Waals surface area (Å²) < 4.78 is 5.58. The molecule has 0 unspecified atom stereocenters. The van der Waals surface area contributed by atoms with E-state index in [2.05, 4.69) is 18.7 Å². The summed E-state index contributed by atoms with van der Waals surface area (Å²) in [4.78, 5) is 25.4. The van der Waals surface area contributed by atoms with Gasteiger partial charge in [0.15, 0.2) is 0 Å². The normalized spacial score (nSPS) is 15.6. The van der Waals surface area contributed by atoms with Crippen molar-refractivity contribution in [3.05, 3.63) is 39.9 Å². The fourth-order valence-corrected chi connectivity index (χ4v) is 3.44. The lowest BCUT2D eigenvalue weighted by molar-refractivity contribution is -0.384. The SMILES string of the molecule is CCN(CC)CCOC(=O)C1(c2ccc([N+](=O)[O-])cc2)CCCC1.I. The minimum atomic E-state index is -0.640. The second-order valence-corrected chi connectivity index (χ2v) is 6.26. The van der Waals surface area contributed by atoms with Gasteiger partial charge in [0.2, 0.25) is 0 Å². The van der Waals surface area contributed by atoms with Gasteiger partial charge >= 0.3 is 5.97 Å². The Morgan fingerprint density at radius 2 is 1.76 bits per heavy atom. The molecule has 1 aliphatic rings. The average Bonchev–Trinajstić information content (AvgIpc) is 3.09. The third kappa shape index (κ3) is 5.13. The van der Waals surface area contributed by atoms with Gasteiger partial charge in [0, 0.05) is 18.7 Å². The molecule has 2 rings (SSSR count). The molecule has 1 aromatic rings. The Morgan fingerprint density at radius 1 is 1.20 bits per heavy atom. The van der Waals surface area contributed by atoms with E-state index in [0.717, 1.165) is 50.9 Å². The number of ether oxygens (including phenoxy) is 1. The monoisotopic (exact) mass is 462 g/mol. The quantitative estimate of drug-likeness (QED) is 0.254. The van der Waals surface area contributed by atoms with Crippen molar-refractivity contribution in [3.8, 4) is 0 Å². The maximum Gasteiger partial charge on any atom is 0.316 e. The molecular weight excluding hydrogens is 435 g/mol. The molecule has 0 bridgehead atoms. The number of halogens is 1. The maximum atomic E-state index is 12.8. The number of esters is 1. The summed E-state index contributed by atoms with van der Waals surface area (Å²) in [5, 5.41) is 10.8. The van der Waals surface area contributed by atoms with Crippen LogP contribution in [0.3, 0.4) is 0 Å². The number of nitrogens with zero attached hydrogens (tertiary/aromatic N) is 2. The number of benzene rings is 1. The summed E-state index contributed by atoms with van der Waals surface area (Å²) in [5.74, 6) is -0.194. The van der Waals surface area contributed by atoms with Crippen LogP contribution >= 0.6 is 24.0 Å². The Hall–Kier alpha value is -1.22. The van der Waals surface area contributed by atoms with Crippen molar-refractivity contribution in [2.45, 2.75) is 44.9 Å². The largest absolute Gasteiger partial charge is 0.464 e. The van der Waals surface area contributed by atoms with Gasteiger partial charge < -0.3 is 9.64 Å². The Labute approximate surface area is 166 Å². The van der Waals surface area contributed by atoms with Gasteiger partial charge in [-0.2, -0.15) is 0 Å². The number of hydrogen-bond donors (Lipinski definition) is 0. The topological polar surface area (TPSA) is 72.7 Å². The molecule has 0 atom stereocenters. The van der Waals surface area contributed by atoms with E-state index in [1.807, 2.05) is 0 Å². The summed E-state index contributed by atoms with van der Waals surface area (Å²) in [7, 11) is 0. The van der Waals surface area contributed by atoms with E-state index in [1.54, 1.807) is 12.1 Å². The molecule has 140 valence electrons. The summed E-state index contributed by atoms with van der Waals surface area (Å²) in [6, 6.07) is 6.35. The highest BCUT2D eigenvalue weighted by atomic mass is 127. The van der Waals surface area contributed by atoms with E-state index in [-0.39, 0.29) is 35.6 Å². The molecule has 0 radical (unpaired) electrons. The van der Waals surface area contributed by atoms with E-state index in [0.29, 0.717) is 6.61 Å². The first kappa shape index (κ1) is 21.8. The molecule has 0 aliphatic heterocycles. The molecule has 1 aromatic carbocycles. The molecule has 0 aromatic heterocycles. The van der Waals surface area contributed by atoms with Gasteiger partial charge in [-0.05, 0) is 31.5 Å². The zero-order valence-electron chi connectivity index (χ0n) is 14.9. The standard InChI is InChI=1S/C18H26N2O4.HI/c1-3-19(4-2)13-14-24-17(21)18(11-5-6-12-18)15-7-9-16(10-8-15)20(22)23;/h7-10H,3-6,11-14H2,1-2H3;1H. The molecule has 0 saturated heterocycles. The third-order valence-electron chi connectivity index (χ3n) is 5.01. The first-order valence-electron chi connectivity index (χ1n) is 8.68. The molecule has 0 spiro atoms. The minimum Gasteiger partial charge on any atom is -0.464 e. The summed E-state index contributed by atoms with van der Waals surface area (Å²) in [5.41, 5.74) is 0.235. The Bertz CT molecular complexity index is 567. The molecule has 0 amide bonds. The van der Waals surface area contributed by atoms with Crippen molar-refractivity contribution in [3.63, 3.8) is 0 Å². The number of nitro benzene ring substituents is 1. The van der Waals surface area contributed by atoms with Gasteiger partial charge in [0.05, 0.1) is 10.3 Å². The highest BCUT2D eigenvalue weighted by Gasteiger charge is 2.44. The van der Waals surface area contributed by atoms with Crippen LogP contribution in [0.25, 0.3) is 0 Å². The first-order chi connectivity index (χ1) is 11.5. The second kappa shape index (κ2) is 10.1. The zero-order valence-corrected chi connectivity index (χ0v) is 17.2. The fraction of sp³-hybridized carbons (Fsp3) is 0.611. The molecule has 1 aliphatic carbocycles. The number of carbonyl (C=O) groups excluding carboxylic acids is 1. The smallest absolute Gasteiger partial charge is 0.316 e. The predicted octanol–water partition coefficient (Wildman–Crippen LogP) is 3.91. The van der Waals surface area contributed by atoms with E-state index in [1.165, 1.54) is 12.1 Å². The van der Waals surface area contributed by atoms with Gasteiger partial charge in [-0.1, -0.05) is 38.8 Å². The van der Waals surface area contributed by atoms with Crippen LogP contribution in [0.2, 0.25) is 0 Å². The minimum absolute atomic E-state index is 0. The van der Waals surface area contributed by atoms with Crippen LogP contribution < -0.4 is 0 Å². The average molecular weight is 462 g/mol. The molecule has 0 N–H and O–H groups in total. The zero-order chi connectivity index (χ0) is 17.6. The molecule has 1 saturated carbocycles. The number of hydrogen-bond acceptors (Lipinski definition) is 5. The van der Waals surface area contributed by atoms with Crippen molar-refractivity contribution < 1.29 is 14.5 Å². The summed E-state index contributed by atoms with van der Waals surface area (Å²) >= 11 is 0. The number of non-ortho nitro benzene ring substituents is 1. The van der Waals surface area contributed by atoms with Crippen molar-refractivity contribution in [2.75, 3.05) is 26.2 Å². The predicted molar refractivity (Wildman–Crippen MR) is 107 cm³/mol. The van der Waals surface area contributed by atoms with Gasteiger partial charge in [0.25, 0.3) is 5.69 Å². The number of nitro groups is 1. The summed E-state index contributed by atoms with van der Waals surface area (Å²) in [6.45, 7) is 7.15. The van der Waals surface area contributed by atoms with Gasteiger partial charge in [-0.25, -0.2) is 0 Å². The van der Waals surface area contributed by atoms with E-state index >= 15 is 0 Å².